The largest absolute Gasteiger partial charge is 0.324 e. The van der Waals surface area contributed by atoms with Crippen LogP contribution in [0.5, 0.6) is 0 Å². The van der Waals surface area contributed by atoms with Crippen LogP contribution >= 0.6 is 0 Å². The summed E-state index contributed by atoms with van der Waals surface area (Å²) < 4.78 is 14.9. The molecule has 0 saturated heterocycles. The van der Waals surface area contributed by atoms with E-state index in [1.807, 2.05) is 6.92 Å². The molecule has 2 heterocycles. The number of pyridine rings is 1. The van der Waals surface area contributed by atoms with Gasteiger partial charge in [-0.15, -0.1) is 0 Å². The molecule has 1 aromatic carbocycles. The number of aromatic nitrogens is 3. The van der Waals surface area contributed by atoms with Gasteiger partial charge in [0, 0.05) is 29.9 Å². The van der Waals surface area contributed by atoms with Crippen molar-refractivity contribution in [1.29, 1.82) is 0 Å². The predicted molar refractivity (Wildman–Crippen MR) is 83.9 cm³/mol. The van der Waals surface area contributed by atoms with Crippen molar-refractivity contribution in [3.8, 4) is 0 Å². The molecule has 5 nitrogen and oxygen atoms in total. The first-order valence-corrected chi connectivity index (χ1v) is 6.98. The highest BCUT2D eigenvalue weighted by atomic mass is 19.1. The van der Waals surface area contributed by atoms with Gasteiger partial charge in [-0.2, -0.15) is 4.98 Å². The molecule has 112 valence electrons. The SMILES string of the molecule is CCn1c(=O)ccc2cnc(Nc3ccc(F)c(C)c3)nc21. The van der Waals surface area contributed by atoms with Crippen molar-refractivity contribution in [1.82, 2.24) is 14.5 Å². The number of hydrogen-bond donors (Lipinski definition) is 1. The molecule has 0 unspecified atom stereocenters. The maximum Gasteiger partial charge on any atom is 0.252 e. The minimum atomic E-state index is -0.259. The average Bonchev–Trinajstić information content (AvgIpc) is 2.51. The Bertz CT molecular complexity index is 904. The number of aryl methyl sites for hydroxylation is 2. The van der Waals surface area contributed by atoms with Gasteiger partial charge in [-0.3, -0.25) is 9.36 Å². The van der Waals surface area contributed by atoms with Crippen LogP contribution in [0.25, 0.3) is 11.0 Å². The molecule has 0 spiro atoms. The van der Waals surface area contributed by atoms with Crippen LogP contribution in [0.3, 0.4) is 0 Å². The second-order valence-corrected chi connectivity index (χ2v) is 4.98. The summed E-state index contributed by atoms with van der Waals surface area (Å²) in [7, 11) is 0. The Balaban J connectivity index is 2.04. The smallest absolute Gasteiger partial charge is 0.252 e. The van der Waals surface area contributed by atoms with Crippen molar-refractivity contribution in [2.24, 2.45) is 0 Å². The molecule has 0 atom stereocenters. The fraction of sp³-hybridized carbons (Fsp3) is 0.188. The summed E-state index contributed by atoms with van der Waals surface area (Å²) in [6.45, 7) is 4.11. The zero-order valence-electron chi connectivity index (χ0n) is 12.3. The number of benzene rings is 1. The molecule has 0 saturated carbocycles. The molecule has 3 rings (SSSR count). The molecule has 22 heavy (non-hydrogen) atoms. The monoisotopic (exact) mass is 298 g/mol. The standard InChI is InChI=1S/C16H15FN4O/c1-3-21-14(22)7-4-11-9-18-16(20-15(11)21)19-12-5-6-13(17)10(2)8-12/h4-9H,3H2,1-2H3,(H,18,19,20). The second kappa shape index (κ2) is 5.55. The zero-order valence-corrected chi connectivity index (χ0v) is 12.3. The fourth-order valence-corrected chi connectivity index (χ4v) is 2.29. The lowest BCUT2D eigenvalue weighted by atomic mass is 10.2. The molecule has 0 radical (unpaired) electrons. The third kappa shape index (κ3) is 2.55. The number of fused-ring (bicyclic) bond motifs is 1. The number of anilines is 2. The van der Waals surface area contributed by atoms with E-state index in [1.54, 1.807) is 35.9 Å². The summed E-state index contributed by atoms with van der Waals surface area (Å²) in [6.07, 6.45) is 1.66. The van der Waals surface area contributed by atoms with Gasteiger partial charge in [0.15, 0.2) is 0 Å². The summed E-state index contributed by atoms with van der Waals surface area (Å²) in [5, 5.41) is 3.82. The van der Waals surface area contributed by atoms with E-state index < -0.39 is 0 Å². The summed E-state index contributed by atoms with van der Waals surface area (Å²) in [4.78, 5) is 20.5. The Kier molecular flexibility index (Phi) is 3.58. The van der Waals surface area contributed by atoms with Gasteiger partial charge in [-0.05, 0) is 43.7 Å². The Morgan fingerprint density at radius 1 is 1.27 bits per heavy atom. The lowest BCUT2D eigenvalue weighted by molar-refractivity contribution is 0.619. The van der Waals surface area contributed by atoms with Crippen LogP contribution in [0.4, 0.5) is 16.0 Å². The predicted octanol–water partition coefficient (Wildman–Crippen LogP) is 3.00. The van der Waals surface area contributed by atoms with Gasteiger partial charge in [0.25, 0.3) is 5.56 Å². The maximum atomic E-state index is 13.3. The first kappa shape index (κ1) is 14.2. The first-order chi connectivity index (χ1) is 10.6. The molecule has 0 amide bonds. The number of nitrogens with zero attached hydrogens (tertiary/aromatic N) is 3. The highest BCUT2D eigenvalue weighted by Crippen LogP contribution is 2.18. The second-order valence-electron chi connectivity index (χ2n) is 4.98. The van der Waals surface area contributed by atoms with Crippen molar-refractivity contribution < 1.29 is 4.39 Å². The third-order valence-electron chi connectivity index (χ3n) is 3.45. The third-order valence-corrected chi connectivity index (χ3v) is 3.45. The zero-order chi connectivity index (χ0) is 15.7. The van der Waals surface area contributed by atoms with Crippen molar-refractivity contribution in [2.45, 2.75) is 20.4 Å². The molecule has 6 heteroatoms. The van der Waals surface area contributed by atoms with Gasteiger partial charge in [0.2, 0.25) is 5.95 Å². The minimum absolute atomic E-state index is 0.0997. The van der Waals surface area contributed by atoms with Gasteiger partial charge in [0.05, 0.1) is 0 Å². The van der Waals surface area contributed by atoms with Gasteiger partial charge >= 0.3 is 0 Å². The molecular weight excluding hydrogens is 283 g/mol. The van der Waals surface area contributed by atoms with Crippen molar-refractivity contribution in [2.75, 3.05) is 5.32 Å². The van der Waals surface area contributed by atoms with Gasteiger partial charge < -0.3 is 5.32 Å². The van der Waals surface area contributed by atoms with E-state index >= 15 is 0 Å². The Labute approximate surface area is 126 Å². The number of hydrogen-bond acceptors (Lipinski definition) is 4. The van der Waals surface area contributed by atoms with E-state index in [-0.39, 0.29) is 11.4 Å². The van der Waals surface area contributed by atoms with Crippen LogP contribution < -0.4 is 10.9 Å². The Hall–Kier alpha value is -2.76. The van der Waals surface area contributed by atoms with Crippen LogP contribution in [0.2, 0.25) is 0 Å². The van der Waals surface area contributed by atoms with Crippen LogP contribution in [-0.4, -0.2) is 14.5 Å². The molecular formula is C16H15FN4O. The van der Waals surface area contributed by atoms with Gasteiger partial charge in [-0.25, -0.2) is 9.37 Å². The van der Waals surface area contributed by atoms with E-state index in [4.69, 9.17) is 0 Å². The molecule has 3 aromatic rings. The van der Waals surface area contributed by atoms with E-state index in [0.717, 1.165) is 5.39 Å². The number of halogens is 1. The van der Waals surface area contributed by atoms with Gasteiger partial charge in [0.1, 0.15) is 11.5 Å². The van der Waals surface area contributed by atoms with Crippen LogP contribution in [0.1, 0.15) is 12.5 Å². The van der Waals surface area contributed by atoms with Crippen molar-refractivity contribution in [3.63, 3.8) is 0 Å². The van der Waals surface area contributed by atoms with E-state index in [1.165, 1.54) is 12.1 Å². The number of nitrogens with one attached hydrogen (secondary N) is 1. The quantitative estimate of drug-likeness (QED) is 0.807. The Morgan fingerprint density at radius 2 is 2.09 bits per heavy atom. The van der Waals surface area contributed by atoms with E-state index in [2.05, 4.69) is 15.3 Å². The molecule has 2 aromatic heterocycles. The molecule has 1 N–H and O–H groups in total. The van der Waals surface area contributed by atoms with Crippen LogP contribution in [0.15, 0.2) is 41.3 Å². The maximum absolute atomic E-state index is 13.3. The lowest BCUT2D eigenvalue weighted by Crippen LogP contribution is -2.19. The van der Waals surface area contributed by atoms with Crippen molar-refractivity contribution >= 4 is 22.7 Å². The van der Waals surface area contributed by atoms with Crippen LogP contribution in [0, 0.1) is 12.7 Å². The molecule has 0 aliphatic rings. The topological polar surface area (TPSA) is 59.8 Å². The normalized spacial score (nSPS) is 10.9. The highest BCUT2D eigenvalue weighted by molar-refractivity contribution is 5.75. The molecule has 0 aliphatic carbocycles. The van der Waals surface area contributed by atoms with E-state index in [9.17, 15) is 9.18 Å². The highest BCUT2D eigenvalue weighted by Gasteiger charge is 2.06. The summed E-state index contributed by atoms with van der Waals surface area (Å²) in [5.41, 5.74) is 1.71. The summed E-state index contributed by atoms with van der Waals surface area (Å²) in [5.74, 6) is 0.108. The molecule has 0 aliphatic heterocycles. The van der Waals surface area contributed by atoms with E-state index in [0.29, 0.717) is 29.4 Å². The lowest BCUT2D eigenvalue weighted by Gasteiger charge is -2.09. The minimum Gasteiger partial charge on any atom is -0.324 e. The fourth-order valence-electron chi connectivity index (χ4n) is 2.29. The Morgan fingerprint density at radius 3 is 2.82 bits per heavy atom. The summed E-state index contributed by atoms with van der Waals surface area (Å²) >= 11 is 0. The number of rotatable bonds is 3. The molecule has 0 fully saturated rings. The average molecular weight is 298 g/mol. The van der Waals surface area contributed by atoms with Gasteiger partial charge in [-0.1, -0.05) is 0 Å². The first-order valence-electron chi connectivity index (χ1n) is 6.98. The summed E-state index contributed by atoms with van der Waals surface area (Å²) in [6, 6.07) is 7.90. The van der Waals surface area contributed by atoms with Crippen molar-refractivity contribution in [3.05, 3.63) is 58.3 Å². The van der Waals surface area contributed by atoms with Crippen LogP contribution in [-0.2, 0) is 6.54 Å². The molecule has 0 bridgehead atoms.